The number of imidazole rings is 1. The van der Waals surface area contributed by atoms with Crippen LogP contribution in [0.4, 0.5) is 5.69 Å². The zero-order valence-electron chi connectivity index (χ0n) is 12.3. The topological polar surface area (TPSA) is 33.4 Å². The highest BCUT2D eigenvalue weighted by molar-refractivity contribution is 7.12. The fourth-order valence-electron chi connectivity index (χ4n) is 2.06. The summed E-state index contributed by atoms with van der Waals surface area (Å²) in [5.41, 5.74) is 2.16. The Bertz CT molecular complexity index is 775. The summed E-state index contributed by atoms with van der Waals surface area (Å²) in [6.07, 6.45) is 5.40. The maximum absolute atomic E-state index is 5.94. The molecule has 0 aliphatic rings. The second-order valence-corrected chi connectivity index (χ2v) is 6.18. The Hall–Kier alpha value is -2.11. The van der Waals surface area contributed by atoms with Crippen molar-refractivity contribution in [3.8, 4) is 0 Å². The molecular formula is C16H15ClN4S. The van der Waals surface area contributed by atoms with E-state index in [0.29, 0.717) is 5.02 Å². The number of benzene rings is 1. The molecule has 4 nitrogen and oxygen atoms in total. The van der Waals surface area contributed by atoms with E-state index in [2.05, 4.69) is 23.4 Å². The minimum atomic E-state index is 0.713. The summed E-state index contributed by atoms with van der Waals surface area (Å²) < 4.78 is 1.92. The molecule has 0 aliphatic heterocycles. The van der Waals surface area contributed by atoms with Crippen LogP contribution in [0.15, 0.2) is 59.5 Å². The summed E-state index contributed by atoms with van der Waals surface area (Å²) >= 11 is 7.61. The highest BCUT2D eigenvalue weighted by Crippen LogP contribution is 2.21. The van der Waals surface area contributed by atoms with Crippen LogP contribution in [0, 0.1) is 6.92 Å². The Balaban J connectivity index is 2.02. The van der Waals surface area contributed by atoms with E-state index in [4.69, 9.17) is 16.7 Å². The molecule has 3 aromatic rings. The number of aryl methyl sites for hydroxylation is 1. The highest BCUT2D eigenvalue weighted by atomic mass is 35.5. The number of thiophene rings is 1. The molecule has 0 bridgehead atoms. The van der Waals surface area contributed by atoms with Crippen molar-refractivity contribution in [2.24, 2.45) is 5.10 Å². The third-order valence-corrected chi connectivity index (χ3v) is 4.52. The molecule has 0 N–H and O–H groups in total. The van der Waals surface area contributed by atoms with Gasteiger partial charge in [0, 0.05) is 24.5 Å². The molecule has 0 atom stereocenters. The van der Waals surface area contributed by atoms with Crippen LogP contribution in [-0.2, 0) is 0 Å². The molecule has 0 saturated carbocycles. The molecule has 0 radical (unpaired) electrons. The Morgan fingerprint density at radius 2 is 2.05 bits per heavy atom. The summed E-state index contributed by atoms with van der Waals surface area (Å²) in [7, 11) is 1.92. The zero-order chi connectivity index (χ0) is 15.5. The van der Waals surface area contributed by atoms with Crippen LogP contribution in [0.25, 0.3) is 0 Å². The monoisotopic (exact) mass is 330 g/mol. The molecule has 112 valence electrons. The number of nitrogens with zero attached hydrogens (tertiary/aromatic N) is 4. The molecule has 6 heteroatoms. The molecule has 0 aliphatic carbocycles. The van der Waals surface area contributed by atoms with Gasteiger partial charge in [0.1, 0.15) is 6.33 Å². The van der Waals surface area contributed by atoms with Crippen LogP contribution in [0.1, 0.15) is 10.4 Å². The van der Waals surface area contributed by atoms with E-state index in [9.17, 15) is 0 Å². The lowest BCUT2D eigenvalue weighted by Crippen LogP contribution is -2.19. The normalized spacial score (nSPS) is 11.7. The van der Waals surface area contributed by atoms with E-state index in [1.54, 1.807) is 23.9 Å². The lowest BCUT2D eigenvalue weighted by atomic mass is 10.3. The van der Waals surface area contributed by atoms with Gasteiger partial charge in [0.2, 0.25) is 0 Å². The fraction of sp³-hybridized carbons (Fsp3) is 0.125. The second-order valence-electron chi connectivity index (χ2n) is 4.83. The van der Waals surface area contributed by atoms with Gasteiger partial charge in [-0.1, -0.05) is 11.6 Å². The van der Waals surface area contributed by atoms with Gasteiger partial charge in [0.05, 0.1) is 10.6 Å². The van der Waals surface area contributed by atoms with E-state index < -0.39 is 0 Å². The first kappa shape index (κ1) is 14.8. The van der Waals surface area contributed by atoms with Crippen molar-refractivity contribution in [2.45, 2.75) is 6.92 Å². The number of hydrogen-bond acceptors (Lipinski definition) is 4. The summed E-state index contributed by atoms with van der Waals surface area (Å²) in [5.74, 6) is 0.849. The minimum Gasteiger partial charge on any atom is -0.288 e. The minimum absolute atomic E-state index is 0.713. The van der Waals surface area contributed by atoms with Gasteiger partial charge in [0.15, 0.2) is 5.84 Å². The second kappa shape index (κ2) is 6.34. The predicted octanol–water partition coefficient (Wildman–Crippen LogP) is 4.25. The smallest absolute Gasteiger partial charge is 0.176 e. The van der Waals surface area contributed by atoms with Crippen molar-refractivity contribution in [1.82, 2.24) is 9.55 Å². The Labute approximate surface area is 138 Å². The molecule has 22 heavy (non-hydrogen) atoms. The van der Waals surface area contributed by atoms with Gasteiger partial charge >= 0.3 is 0 Å². The van der Waals surface area contributed by atoms with Gasteiger partial charge in [-0.25, -0.2) is 4.98 Å². The van der Waals surface area contributed by atoms with Crippen molar-refractivity contribution in [2.75, 3.05) is 12.1 Å². The van der Waals surface area contributed by atoms with Crippen molar-refractivity contribution >= 4 is 34.5 Å². The Kier molecular flexibility index (Phi) is 4.27. The molecule has 0 fully saturated rings. The molecule has 1 aromatic carbocycles. The van der Waals surface area contributed by atoms with E-state index in [1.807, 2.05) is 47.1 Å². The number of hydrogen-bond donors (Lipinski definition) is 0. The van der Waals surface area contributed by atoms with Crippen molar-refractivity contribution in [1.29, 1.82) is 0 Å². The maximum Gasteiger partial charge on any atom is 0.176 e. The van der Waals surface area contributed by atoms with Crippen LogP contribution in [0.3, 0.4) is 0 Å². The molecule has 0 spiro atoms. The number of rotatable bonds is 3. The van der Waals surface area contributed by atoms with E-state index >= 15 is 0 Å². The Morgan fingerprint density at radius 3 is 2.64 bits per heavy atom. The van der Waals surface area contributed by atoms with E-state index in [-0.39, 0.29) is 0 Å². The average Bonchev–Trinajstić information content (AvgIpc) is 3.17. The van der Waals surface area contributed by atoms with Gasteiger partial charge in [0.25, 0.3) is 0 Å². The first-order valence-corrected chi connectivity index (χ1v) is 8.01. The summed E-state index contributed by atoms with van der Waals surface area (Å²) in [6.45, 7) is 2.08. The highest BCUT2D eigenvalue weighted by Gasteiger charge is 2.12. The molecule has 0 amide bonds. The maximum atomic E-state index is 5.94. The van der Waals surface area contributed by atoms with Gasteiger partial charge in [-0.05, 0) is 48.2 Å². The van der Waals surface area contributed by atoms with Gasteiger partial charge in [-0.2, -0.15) is 5.10 Å². The average molecular weight is 331 g/mol. The first-order valence-electron chi connectivity index (χ1n) is 6.76. The van der Waals surface area contributed by atoms with Crippen molar-refractivity contribution < 1.29 is 0 Å². The zero-order valence-corrected chi connectivity index (χ0v) is 13.8. The fourth-order valence-corrected chi connectivity index (χ4v) is 3.10. The van der Waals surface area contributed by atoms with Crippen LogP contribution in [-0.4, -0.2) is 22.4 Å². The number of anilines is 1. The predicted molar refractivity (Wildman–Crippen MR) is 93.1 cm³/mol. The van der Waals surface area contributed by atoms with Crippen LogP contribution < -0.4 is 5.01 Å². The third kappa shape index (κ3) is 3.05. The van der Waals surface area contributed by atoms with Crippen molar-refractivity contribution in [3.05, 3.63) is 69.9 Å². The van der Waals surface area contributed by atoms with E-state index in [1.165, 1.54) is 5.56 Å². The lowest BCUT2D eigenvalue weighted by Gasteiger charge is -2.16. The molecule has 0 unspecified atom stereocenters. The first-order chi connectivity index (χ1) is 10.6. The number of hydrazone groups is 1. The standard InChI is InChI=1S/C16H15ClN4S/c1-12-7-10-22-15(12)16(21-9-8-18-11-21)19-20(2)14-5-3-13(17)4-6-14/h3-11H,1-2H3. The third-order valence-electron chi connectivity index (χ3n) is 3.26. The number of halogens is 1. The molecule has 2 aromatic heterocycles. The summed E-state index contributed by atoms with van der Waals surface area (Å²) in [4.78, 5) is 5.25. The quantitative estimate of drug-likeness (QED) is 0.408. The van der Waals surface area contributed by atoms with Crippen molar-refractivity contribution in [3.63, 3.8) is 0 Å². The lowest BCUT2D eigenvalue weighted by molar-refractivity contribution is 0.983. The number of aromatic nitrogens is 2. The van der Waals surface area contributed by atoms with Crippen LogP contribution >= 0.6 is 22.9 Å². The summed E-state index contributed by atoms with van der Waals surface area (Å²) in [5, 5.41) is 9.38. The molecule has 2 heterocycles. The summed E-state index contributed by atoms with van der Waals surface area (Å²) in [6, 6.07) is 9.69. The van der Waals surface area contributed by atoms with E-state index in [0.717, 1.165) is 16.4 Å². The molecular weight excluding hydrogens is 316 g/mol. The Morgan fingerprint density at radius 1 is 1.27 bits per heavy atom. The largest absolute Gasteiger partial charge is 0.288 e. The van der Waals surface area contributed by atoms with Gasteiger partial charge in [-0.15, -0.1) is 11.3 Å². The van der Waals surface area contributed by atoms with Crippen LogP contribution in [0.5, 0.6) is 0 Å². The van der Waals surface area contributed by atoms with Gasteiger partial charge in [-0.3, -0.25) is 9.58 Å². The van der Waals surface area contributed by atoms with Gasteiger partial charge < -0.3 is 0 Å². The molecule has 3 rings (SSSR count). The SMILES string of the molecule is Cc1ccsc1C(=NN(C)c1ccc(Cl)cc1)n1ccnc1. The van der Waals surface area contributed by atoms with Crippen LogP contribution in [0.2, 0.25) is 5.02 Å². The molecule has 0 saturated heterocycles.